The van der Waals surface area contributed by atoms with Crippen molar-refractivity contribution in [3.8, 4) is 0 Å². The number of aliphatic hydroxyl groups excluding tert-OH is 1. The third-order valence-electron chi connectivity index (χ3n) is 4.23. The van der Waals surface area contributed by atoms with Gasteiger partial charge in [0.15, 0.2) is 0 Å². The van der Waals surface area contributed by atoms with Crippen molar-refractivity contribution in [3.05, 3.63) is 33.4 Å². The quantitative estimate of drug-likeness (QED) is 0.908. The molecule has 0 aliphatic heterocycles. The van der Waals surface area contributed by atoms with Crippen molar-refractivity contribution >= 4 is 5.91 Å². The summed E-state index contributed by atoms with van der Waals surface area (Å²) in [6, 6.07) is 0. The van der Waals surface area contributed by atoms with Crippen molar-refractivity contribution < 1.29 is 18.7 Å². The number of halogens is 2. The van der Waals surface area contributed by atoms with Crippen molar-refractivity contribution in [1.29, 1.82) is 0 Å². The van der Waals surface area contributed by atoms with Gasteiger partial charge in [-0.25, -0.2) is 8.78 Å². The van der Waals surface area contributed by atoms with Gasteiger partial charge in [0.05, 0.1) is 13.2 Å². The van der Waals surface area contributed by atoms with Crippen molar-refractivity contribution in [3.63, 3.8) is 0 Å². The highest BCUT2D eigenvalue weighted by Crippen LogP contribution is 2.27. The summed E-state index contributed by atoms with van der Waals surface area (Å²) in [7, 11) is 0. The molecule has 0 heterocycles. The molecule has 0 saturated heterocycles. The fourth-order valence-electron chi connectivity index (χ4n) is 2.54. The van der Waals surface area contributed by atoms with Gasteiger partial charge < -0.3 is 10.0 Å². The fourth-order valence-corrected chi connectivity index (χ4v) is 2.54. The number of hydrogen-bond acceptors (Lipinski definition) is 2. The van der Waals surface area contributed by atoms with E-state index in [1.807, 2.05) is 34.6 Å². The zero-order valence-corrected chi connectivity index (χ0v) is 13.3. The Labute approximate surface area is 124 Å². The van der Waals surface area contributed by atoms with Gasteiger partial charge in [-0.1, -0.05) is 0 Å². The summed E-state index contributed by atoms with van der Waals surface area (Å²) >= 11 is 0. The van der Waals surface area contributed by atoms with E-state index in [1.165, 1.54) is 0 Å². The summed E-state index contributed by atoms with van der Waals surface area (Å²) in [5.74, 6) is -0.439. The molecule has 0 atom stereocenters. The molecule has 5 heteroatoms. The highest BCUT2D eigenvalue weighted by atomic mass is 19.3. The normalized spacial score (nSPS) is 11.1. The zero-order valence-electron chi connectivity index (χ0n) is 13.3. The molecule has 0 bridgehead atoms. The average molecular weight is 299 g/mol. The Kier molecular flexibility index (Phi) is 5.84. The van der Waals surface area contributed by atoms with Crippen LogP contribution in [0.4, 0.5) is 8.78 Å². The third-order valence-corrected chi connectivity index (χ3v) is 4.23. The van der Waals surface area contributed by atoms with Crippen molar-refractivity contribution in [1.82, 2.24) is 4.90 Å². The Morgan fingerprint density at radius 1 is 1.00 bits per heavy atom. The standard InChI is InChI=1S/C16H23F2NO2/c1-9-10(2)12(4)15(13(5)11(9)3)16(21)19(6-7-20)8-14(17)18/h14,20H,6-8H2,1-5H3. The van der Waals surface area contributed by atoms with Gasteiger partial charge in [0.2, 0.25) is 0 Å². The summed E-state index contributed by atoms with van der Waals surface area (Å²) in [5.41, 5.74) is 5.23. The van der Waals surface area contributed by atoms with Gasteiger partial charge in [0, 0.05) is 12.1 Å². The molecule has 1 N–H and O–H groups in total. The monoisotopic (exact) mass is 299 g/mol. The van der Waals surface area contributed by atoms with E-state index >= 15 is 0 Å². The predicted molar refractivity (Wildman–Crippen MR) is 79.1 cm³/mol. The number of aliphatic hydroxyl groups is 1. The second kappa shape index (κ2) is 6.98. The Morgan fingerprint density at radius 2 is 1.43 bits per heavy atom. The Morgan fingerprint density at radius 3 is 1.81 bits per heavy atom. The lowest BCUT2D eigenvalue weighted by Crippen LogP contribution is -2.38. The Balaban J connectivity index is 3.34. The van der Waals surface area contributed by atoms with E-state index in [1.54, 1.807) is 0 Å². The van der Waals surface area contributed by atoms with E-state index in [2.05, 4.69) is 0 Å². The smallest absolute Gasteiger partial charge is 0.255 e. The maximum atomic E-state index is 12.6. The first-order chi connectivity index (χ1) is 9.72. The molecule has 1 aromatic carbocycles. The summed E-state index contributed by atoms with van der Waals surface area (Å²) in [4.78, 5) is 13.6. The highest BCUT2D eigenvalue weighted by molar-refractivity contribution is 5.98. The first-order valence-corrected chi connectivity index (χ1v) is 6.97. The molecule has 0 unspecified atom stereocenters. The topological polar surface area (TPSA) is 40.5 Å². The van der Waals surface area contributed by atoms with Crippen LogP contribution in [-0.2, 0) is 0 Å². The van der Waals surface area contributed by atoms with Crippen LogP contribution in [-0.4, -0.2) is 42.0 Å². The van der Waals surface area contributed by atoms with Crippen LogP contribution in [0, 0.1) is 34.6 Å². The molecular formula is C16H23F2NO2. The molecule has 0 aliphatic carbocycles. The van der Waals surface area contributed by atoms with Gasteiger partial charge in [-0.15, -0.1) is 0 Å². The number of amides is 1. The van der Waals surface area contributed by atoms with Gasteiger partial charge in [0.25, 0.3) is 12.3 Å². The van der Waals surface area contributed by atoms with Gasteiger partial charge in [-0.05, 0) is 62.4 Å². The molecule has 0 aromatic heterocycles. The van der Waals surface area contributed by atoms with Gasteiger partial charge >= 0.3 is 0 Å². The molecule has 21 heavy (non-hydrogen) atoms. The second-order valence-corrected chi connectivity index (χ2v) is 5.37. The lowest BCUT2D eigenvalue weighted by atomic mass is 9.89. The number of benzene rings is 1. The maximum Gasteiger partial charge on any atom is 0.255 e. The fraction of sp³-hybridized carbons (Fsp3) is 0.562. The van der Waals surface area contributed by atoms with Crippen molar-refractivity contribution in [2.75, 3.05) is 19.7 Å². The van der Waals surface area contributed by atoms with Gasteiger partial charge in [0.1, 0.15) is 0 Å². The van der Waals surface area contributed by atoms with Crippen LogP contribution in [0.25, 0.3) is 0 Å². The molecule has 1 amide bonds. The van der Waals surface area contributed by atoms with Gasteiger partial charge in [-0.3, -0.25) is 4.79 Å². The van der Waals surface area contributed by atoms with Gasteiger partial charge in [-0.2, -0.15) is 0 Å². The average Bonchev–Trinajstić information content (AvgIpc) is 2.42. The van der Waals surface area contributed by atoms with Crippen molar-refractivity contribution in [2.24, 2.45) is 0 Å². The van der Waals surface area contributed by atoms with E-state index in [0.29, 0.717) is 5.56 Å². The molecule has 1 rings (SSSR count). The van der Waals surface area contributed by atoms with Crippen LogP contribution in [0.3, 0.4) is 0 Å². The van der Waals surface area contributed by atoms with Crippen LogP contribution < -0.4 is 0 Å². The molecule has 0 radical (unpaired) electrons. The first kappa shape index (κ1) is 17.6. The largest absolute Gasteiger partial charge is 0.395 e. The number of nitrogens with zero attached hydrogens (tertiary/aromatic N) is 1. The molecule has 118 valence electrons. The first-order valence-electron chi connectivity index (χ1n) is 6.97. The Bertz CT molecular complexity index is 513. The molecule has 0 spiro atoms. The summed E-state index contributed by atoms with van der Waals surface area (Å²) in [6.07, 6.45) is -2.62. The minimum Gasteiger partial charge on any atom is -0.395 e. The van der Waals surface area contributed by atoms with Crippen LogP contribution >= 0.6 is 0 Å². The molecule has 0 aliphatic rings. The maximum absolute atomic E-state index is 12.6. The minimum atomic E-state index is -2.62. The lowest BCUT2D eigenvalue weighted by molar-refractivity contribution is 0.0507. The van der Waals surface area contributed by atoms with E-state index < -0.39 is 18.9 Å². The Hall–Kier alpha value is -1.49. The molecule has 0 fully saturated rings. The summed E-state index contributed by atoms with van der Waals surface area (Å²) in [6.45, 7) is 8.43. The number of carbonyl (C=O) groups is 1. The zero-order chi connectivity index (χ0) is 16.3. The van der Waals surface area contributed by atoms with E-state index in [0.717, 1.165) is 32.7 Å². The van der Waals surface area contributed by atoms with Crippen molar-refractivity contribution in [2.45, 2.75) is 41.0 Å². The van der Waals surface area contributed by atoms with E-state index in [4.69, 9.17) is 5.11 Å². The van der Waals surface area contributed by atoms with Crippen LogP contribution in [0.5, 0.6) is 0 Å². The molecule has 3 nitrogen and oxygen atoms in total. The SMILES string of the molecule is Cc1c(C)c(C)c(C(=O)N(CCO)CC(F)F)c(C)c1C. The second-order valence-electron chi connectivity index (χ2n) is 5.37. The summed E-state index contributed by atoms with van der Waals surface area (Å²) < 4.78 is 25.3. The summed E-state index contributed by atoms with van der Waals surface area (Å²) in [5, 5.41) is 9.00. The van der Waals surface area contributed by atoms with Crippen LogP contribution in [0.2, 0.25) is 0 Å². The van der Waals surface area contributed by atoms with E-state index in [-0.39, 0.29) is 13.2 Å². The number of alkyl halides is 2. The third kappa shape index (κ3) is 3.59. The van der Waals surface area contributed by atoms with Crippen LogP contribution in [0.15, 0.2) is 0 Å². The number of carbonyl (C=O) groups excluding carboxylic acids is 1. The molecule has 0 saturated carbocycles. The predicted octanol–water partition coefficient (Wildman–Crippen LogP) is 2.93. The molecule has 1 aromatic rings. The van der Waals surface area contributed by atoms with E-state index in [9.17, 15) is 13.6 Å². The lowest BCUT2D eigenvalue weighted by Gasteiger charge is -2.25. The minimum absolute atomic E-state index is 0.0893. The number of hydrogen-bond donors (Lipinski definition) is 1. The molecular weight excluding hydrogens is 276 g/mol. The van der Waals surface area contributed by atoms with Crippen LogP contribution in [0.1, 0.15) is 38.2 Å². The number of rotatable bonds is 5. The highest BCUT2D eigenvalue weighted by Gasteiger charge is 2.24.